The number of para-hydroxylation sites is 2. The molecule has 6 heteroatoms. The number of imidazole rings is 1. The van der Waals surface area contributed by atoms with Crippen LogP contribution >= 0.6 is 0 Å². The molecule has 2 saturated heterocycles. The number of benzene rings is 1. The summed E-state index contributed by atoms with van der Waals surface area (Å²) >= 11 is 0. The van der Waals surface area contributed by atoms with Crippen LogP contribution in [0, 0.1) is 11.8 Å². The monoisotopic (exact) mass is 354 g/mol. The highest BCUT2D eigenvalue weighted by atomic mass is 16.2. The molecule has 2 aliphatic heterocycles. The average Bonchev–Trinajstić information content (AvgIpc) is 3.31. The lowest BCUT2D eigenvalue weighted by molar-refractivity contribution is -0.136. The van der Waals surface area contributed by atoms with Crippen molar-refractivity contribution in [3.05, 3.63) is 30.1 Å². The zero-order valence-electron chi connectivity index (χ0n) is 15.4. The molecule has 0 saturated carbocycles. The molecule has 26 heavy (non-hydrogen) atoms. The highest BCUT2D eigenvalue weighted by Crippen LogP contribution is 2.34. The summed E-state index contributed by atoms with van der Waals surface area (Å²) in [7, 11) is 0. The van der Waals surface area contributed by atoms with E-state index in [1.807, 2.05) is 34.1 Å². The van der Waals surface area contributed by atoms with E-state index in [-0.39, 0.29) is 23.8 Å². The number of hydrogen-bond acceptors (Lipinski definition) is 3. The second kappa shape index (κ2) is 6.74. The summed E-state index contributed by atoms with van der Waals surface area (Å²) < 4.78 is 0. The Morgan fingerprint density at radius 3 is 2.92 bits per heavy atom. The zero-order valence-corrected chi connectivity index (χ0v) is 15.4. The van der Waals surface area contributed by atoms with Crippen molar-refractivity contribution in [2.45, 2.75) is 39.2 Å². The van der Waals surface area contributed by atoms with Crippen molar-refractivity contribution >= 4 is 22.8 Å². The lowest BCUT2D eigenvalue weighted by Gasteiger charge is -2.26. The van der Waals surface area contributed by atoms with Crippen molar-refractivity contribution in [1.29, 1.82) is 0 Å². The number of nitrogens with zero attached hydrogens (tertiary/aromatic N) is 3. The average molecular weight is 354 g/mol. The molecule has 1 aromatic heterocycles. The van der Waals surface area contributed by atoms with Gasteiger partial charge in [-0.25, -0.2) is 4.98 Å². The van der Waals surface area contributed by atoms with E-state index in [4.69, 9.17) is 4.98 Å². The minimum atomic E-state index is -0.216. The highest BCUT2D eigenvalue weighted by Gasteiger charge is 2.40. The van der Waals surface area contributed by atoms with Gasteiger partial charge in [0.05, 0.1) is 23.0 Å². The molecule has 6 nitrogen and oxygen atoms in total. The maximum Gasteiger partial charge on any atom is 0.228 e. The number of likely N-dealkylation sites (tertiary alicyclic amines) is 2. The zero-order chi connectivity index (χ0) is 18.3. The molecule has 2 atom stereocenters. The molecular formula is C20H26N4O2. The fraction of sp³-hybridized carbons (Fsp3) is 0.550. The van der Waals surface area contributed by atoms with Gasteiger partial charge in [-0.1, -0.05) is 26.0 Å². The van der Waals surface area contributed by atoms with Gasteiger partial charge in [-0.15, -0.1) is 0 Å². The summed E-state index contributed by atoms with van der Waals surface area (Å²) in [4.78, 5) is 37.2. The number of carbonyl (C=O) groups excluding carboxylic acids is 2. The van der Waals surface area contributed by atoms with Crippen LogP contribution in [0.3, 0.4) is 0 Å². The first-order valence-electron chi connectivity index (χ1n) is 9.56. The summed E-state index contributed by atoms with van der Waals surface area (Å²) in [5, 5.41) is 0. The lowest BCUT2D eigenvalue weighted by atomic mass is 10.1. The van der Waals surface area contributed by atoms with Gasteiger partial charge in [0.25, 0.3) is 0 Å². The molecule has 2 amide bonds. The third kappa shape index (κ3) is 3.08. The van der Waals surface area contributed by atoms with Gasteiger partial charge in [0.15, 0.2) is 0 Å². The standard InChI is InChI=1S/C20H26N4O2/c1-13(2)11-23-12-14(10-18(23)25)20(26)24-9-5-8-17(24)19-21-15-6-3-4-7-16(15)22-19/h3-4,6-7,13-14,17H,5,8-12H2,1-2H3,(H,21,22)/t14-,17-/m1/s1. The molecular weight excluding hydrogens is 328 g/mol. The van der Waals surface area contributed by atoms with Crippen LogP contribution in [-0.2, 0) is 9.59 Å². The summed E-state index contributed by atoms with van der Waals surface area (Å²) in [5.74, 6) is 1.28. The van der Waals surface area contributed by atoms with E-state index < -0.39 is 0 Å². The van der Waals surface area contributed by atoms with Crippen LogP contribution in [0.25, 0.3) is 11.0 Å². The van der Waals surface area contributed by atoms with Crippen molar-refractivity contribution in [2.75, 3.05) is 19.6 Å². The van der Waals surface area contributed by atoms with E-state index >= 15 is 0 Å². The Kier molecular flexibility index (Phi) is 4.42. The fourth-order valence-corrected chi connectivity index (χ4v) is 4.23. The Labute approximate surface area is 153 Å². The van der Waals surface area contributed by atoms with Crippen LogP contribution in [-0.4, -0.2) is 51.2 Å². The number of rotatable bonds is 4. The molecule has 2 aliphatic rings. The third-order valence-electron chi connectivity index (χ3n) is 5.41. The number of carbonyl (C=O) groups is 2. The van der Waals surface area contributed by atoms with Crippen LogP contribution in [0.4, 0.5) is 0 Å². The number of H-pyrrole nitrogens is 1. The van der Waals surface area contributed by atoms with Gasteiger partial charge < -0.3 is 14.8 Å². The second-order valence-electron chi connectivity index (χ2n) is 7.92. The predicted molar refractivity (Wildman–Crippen MR) is 99.3 cm³/mol. The molecule has 1 N–H and O–H groups in total. The predicted octanol–water partition coefficient (Wildman–Crippen LogP) is 2.73. The molecule has 0 spiro atoms. The Hall–Kier alpha value is -2.37. The van der Waals surface area contributed by atoms with E-state index in [0.29, 0.717) is 18.9 Å². The highest BCUT2D eigenvalue weighted by molar-refractivity contribution is 5.89. The molecule has 138 valence electrons. The minimum Gasteiger partial charge on any atom is -0.342 e. The van der Waals surface area contributed by atoms with E-state index in [1.54, 1.807) is 0 Å². The third-order valence-corrected chi connectivity index (χ3v) is 5.41. The molecule has 2 aromatic rings. The molecule has 2 fully saturated rings. The fourth-order valence-electron chi connectivity index (χ4n) is 4.23. The van der Waals surface area contributed by atoms with Gasteiger partial charge in [-0.3, -0.25) is 9.59 Å². The number of amides is 2. The number of nitrogens with one attached hydrogen (secondary N) is 1. The van der Waals surface area contributed by atoms with Crippen LogP contribution < -0.4 is 0 Å². The Morgan fingerprint density at radius 1 is 1.35 bits per heavy atom. The van der Waals surface area contributed by atoms with Crippen molar-refractivity contribution in [2.24, 2.45) is 11.8 Å². The lowest BCUT2D eigenvalue weighted by Crippen LogP contribution is -2.37. The molecule has 0 radical (unpaired) electrons. The minimum absolute atomic E-state index is 0.0100. The van der Waals surface area contributed by atoms with Gasteiger partial charge in [0, 0.05) is 26.1 Å². The molecule has 0 unspecified atom stereocenters. The number of aromatic nitrogens is 2. The molecule has 4 rings (SSSR count). The molecule has 1 aromatic carbocycles. The second-order valence-corrected chi connectivity index (χ2v) is 7.92. The van der Waals surface area contributed by atoms with Crippen molar-refractivity contribution in [1.82, 2.24) is 19.8 Å². The van der Waals surface area contributed by atoms with Crippen molar-refractivity contribution < 1.29 is 9.59 Å². The smallest absolute Gasteiger partial charge is 0.228 e. The first-order valence-corrected chi connectivity index (χ1v) is 9.56. The number of fused-ring (bicyclic) bond motifs is 1. The van der Waals surface area contributed by atoms with Gasteiger partial charge in [0.1, 0.15) is 5.82 Å². The van der Waals surface area contributed by atoms with Gasteiger partial charge in [0.2, 0.25) is 11.8 Å². The van der Waals surface area contributed by atoms with Crippen LogP contribution in [0.2, 0.25) is 0 Å². The summed E-state index contributed by atoms with van der Waals surface area (Å²) in [6, 6.07) is 7.93. The Bertz CT molecular complexity index is 795. The van der Waals surface area contributed by atoms with Crippen LogP contribution in [0.15, 0.2) is 24.3 Å². The van der Waals surface area contributed by atoms with Crippen LogP contribution in [0.5, 0.6) is 0 Å². The van der Waals surface area contributed by atoms with Gasteiger partial charge >= 0.3 is 0 Å². The summed E-state index contributed by atoms with van der Waals surface area (Å²) in [6.07, 6.45) is 2.24. The van der Waals surface area contributed by atoms with Crippen LogP contribution in [0.1, 0.15) is 45.0 Å². The topological polar surface area (TPSA) is 69.3 Å². The SMILES string of the molecule is CC(C)CN1C[C@H](C(=O)N2CCC[C@@H]2c2nc3ccccc3[nH]2)CC1=O. The maximum atomic E-state index is 13.1. The van der Waals surface area contributed by atoms with E-state index in [0.717, 1.165) is 42.8 Å². The normalized spacial score (nSPS) is 23.6. The van der Waals surface area contributed by atoms with Gasteiger partial charge in [-0.05, 0) is 30.9 Å². The maximum absolute atomic E-state index is 13.1. The van der Waals surface area contributed by atoms with E-state index in [9.17, 15) is 9.59 Å². The Morgan fingerprint density at radius 2 is 2.15 bits per heavy atom. The first kappa shape index (κ1) is 17.1. The quantitative estimate of drug-likeness (QED) is 0.918. The molecule has 0 bridgehead atoms. The summed E-state index contributed by atoms with van der Waals surface area (Å²) in [5.41, 5.74) is 1.93. The Balaban J connectivity index is 1.51. The number of aromatic amines is 1. The van der Waals surface area contributed by atoms with E-state index in [1.165, 1.54) is 0 Å². The first-order chi connectivity index (χ1) is 12.5. The van der Waals surface area contributed by atoms with Gasteiger partial charge in [-0.2, -0.15) is 0 Å². The largest absolute Gasteiger partial charge is 0.342 e. The molecule has 3 heterocycles. The van der Waals surface area contributed by atoms with Crippen molar-refractivity contribution in [3.8, 4) is 0 Å². The summed E-state index contributed by atoms with van der Waals surface area (Å²) in [6.45, 7) is 6.23. The molecule has 0 aliphatic carbocycles. The van der Waals surface area contributed by atoms with Crippen molar-refractivity contribution in [3.63, 3.8) is 0 Å². The van der Waals surface area contributed by atoms with E-state index in [2.05, 4.69) is 18.8 Å². The number of hydrogen-bond donors (Lipinski definition) is 1.